The number of likely N-dealkylation sites (tertiary alicyclic amines) is 1. The van der Waals surface area contributed by atoms with Crippen molar-refractivity contribution in [3.63, 3.8) is 0 Å². The van der Waals surface area contributed by atoms with Crippen LogP contribution in [0.5, 0.6) is 17.2 Å². The molecule has 0 saturated carbocycles. The summed E-state index contributed by atoms with van der Waals surface area (Å²) >= 11 is 0. The summed E-state index contributed by atoms with van der Waals surface area (Å²) in [6.07, 6.45) is 1.02. The lowest BCUT2D eigenvalue weighted by Gasteiger charge is -2.36. The molecule has 23 heavy (non-hydrogen) atoms. The van der Waals surface area contributed by atoms with E-state index in [0.717, 1.165) is 55.5 Å². The second-order valence-electron chi connectivity index (χ2n) is 6.75. The Bertz CT molecular complexity index is 593. The van der Waals surface area contributed by atoms with E-state index in [4.69, 9.17) is 18.9 Å². The van der Waals surface area contributed by atoms with Crippen LogP contribution in [0.3, 0.4) is 0 Å². The van der Waals surface area contributed by atoms with Gasteiger partial charge in [-0.25, -0.2) is 0 Å². The zero-order chi connectivity index (χ0) is 15.9. The van der Waals surface area contributed by atoms with Crippen LogP contribution < -0.4 is 14.2 Å². The highest BCUT2D eigenvalue weighted by Gasteiger charge is 2.48. The maximum Gasteiger partial charge on any atom is 0.231 e. The van der Waals surface area contributed by atoms with Gasteiger partial charge in [-0.3, -0.25) is 4.90 Å². The molecule has 0 aromatic heterocycles. The predicted molar refractivity (Wildman–Crippen MR) is 82.8 cm³/mol. The third-order valence-corrected chi connectivity index (χ3v) is 5.37. The zero-order valence-electron chi connectivity index (χ0n) is 13.4. The Kier molecular flexibility index (Phi) is 3.83. The number of methoxy groups -OCH3 is 1. The predicted octanol–water partition coefficient (Wildman–Crippen LogP) is 1.25. The molecule has 1 N–H and O–H groups in total. The van der Waals surface area contributed by atoms with Gasteiger partial charge in [-0.15, -0.1) is 0 Å². The molecule has 6 nitrogen and oxygen atoms in total. The van der Waals surface area contributed by atoms with Crippen LogP contribution in [0.1, 0.15) is 12.0 Å². The van der Waals surface area contributed by atoms with Gasteiger partial charge >= 0.3 is 0 Å². The molecule has 0 aliphatic carbocycles. The smallest absolute Gasteiger partial charge is 0.231 e. The largest absolute Gasteiger partial charge is 0.496 e. The summed E-state index contributed by atoms with van der Waals surface area (Å²) in [4.78, 5) is 2.38. The Morgan fingerprint density at radius 3 is 2.91 bits per heavy atom. The van der Waals surface area contributed by atoms with Crippen molar-refractivity contribution in [2.45, 2.75) is 13.0 Å². The Morgan fingerprint density at radius 1 is 1.35 bits per heavy atom. The summed E-state index contributed by atoms with van der Waals surface area (Å²) in [5.74, 6) is 2.83. The van der Waals surface area contributed by atoms with Crippen molar-refractivity contribution in [1.29, 1.82) is 0 Å². The fraction of sp³-hybridized carbons (Fsp3) is 0.647. The molecule has 6 heteroatoms. The summed E-state index contributed by atoms with van der Waals surface area (Å²) in [5, 5.41) is 9.90. The van der Waals surface area contributed by atoms with E-state index in [1.54, 1.807) is 7.11 Å². The third kappa shape index (κ3) is 2.55. The second kappa shape index (κ2) is 5.85. The van der Waals surface area contributed by atoms with Crippen molar-refractivity contribution in [3.8, 4) is 17.2 Å². The molecule has 3 heterocycles. The van der Waals surface area contributed by atoms with E-state index in [2.05, 4.69) is 4.90 Å². The molecule has 2 saturated heterocycles. The lowest BCUT2D eigenvalue weighted by Crippen LogP contribution is -2.42. The SMILES string of the molecule is COc1cc2c(cc1CN1C[C@@H]3CCOC[C@]3(CO)C1)OCO2. The van der Waals surface area contributed by atoms with Crippen LogP contribution in [-0.4, -0.2) is 56.8 Å². The second-order valence-corrected chi connectivity index (χ2v) is 6.75. The van der Waals surface area contributed by atoms with Gasteiger partial charge < -0.3 is 24.1 Å². The van der Waals surface area contributed by atoms with Crippen molar-refractivity contribution >= 4 is 0 Å². The van der Waals surface area contributed by atoms with Crippen LogP contribution in [0.4, 0.5) is 0 Å². The molecule has 126 valence electrons. The van der Waals surface area contributed by atoms with E-state index in [-0.39, 0.29) is 18.8 Å². The highest BCUT2D eigenvalue weighted by molar-refractivity contribution is 5.51. The van der Waals surface area contributed by atoms with Crippen LogP contribution in [-0.2, 0) is 11.3 Å². The van der Waals surface area contributed by atoms with Crippen LogP contribution in [0.25, 0.3) is 0 Å². The molecule has 0 radical (unpaired) electrons. The third-order valence-electron chi connectivity index (χ3n) is 5.37. The van der Waals surface area contributed by atoms with Crippen molar-refractivity contribution in [2.24, 2.45) is 11.3 Å². The first-order valence-corrected chi connectivity index (χ1v) is 8.11. The summed E-state index contributed by atoms with van der Waals surface area (Å²) in [5.41, 5.74) is 0.978. The van der Waals surface area contributed by atoms with Gasteiger partial charge in [0.15, 0.2) is 11.5 Å². The molecule has 0 spiro atoms. The van der Waals surface area contributed by atoms with E-state index >= 15 is 0 Å². The summed E-state index contributed by atoms with van der Waals surface area (Å²) < 4.78 is 22.0. The minimum absolute atomic E-state index is 0.109. The Hall–Kier alpha value is -1.50. The fourth-order valence-corrected chi connectivity index (χ4v) is 4.07. The van der Waals surface area contributed by atoms with Crippen LogP contribution >= 0.6 is 0 Å². The monoisotopic (exact) mass is 321 g/mol. The summed E-state index contributed by atoms with van der Waals surface area (Å²) in [6, 6.07) is 3.90. The maximum atomic E-state index is 9.90. The van der Waals surface area contributed by atoms with Crippen molar-refractivity contribution < 1.29 is 24.1 Å². The lowest BCUT2D eigenvalue weighted by molar-refractivity contribution is -0.0561. The molecule has 4 rings (SSSR count). The lowest BCUT2D eigenvalue weighted by atomic mass is 9.76. The van der Waals surface area contributed by atoms with Crippen molar-refractivity contribution in [2.75, 3.05) is 46.8 Å². The van der Waals surface area contributed by atoms with E-state index in [9.17, 15) is 5.11 Å². The summed E-state index contributed by atoms with van der Waals surface area (Å²) in [6.45, 7) is 4.52. The van der Waals surface area contributed by atoms with Gasteiger partial charge in [-0.05, 0) is 18.4 Å². The first-order chi connectivity index (χ1) is 11.2. The zero-order valence-corrected chi connectivity index (χ0v) is 13.4. The molecule has 3 aliphatic heterocycles. The molecule has 0 unspecified atom stereocenters. The average molecular weight is 321 g/mol. The molecule has 2 fully saturated rings. The number of hydrogen-bond donors (Lipinski definition) is 1. The van der Waals surface area contributed by atoms with Gasteiger partial charge in [0.25, 0.3) is 0 Å². The number of benzene rings is 1. The number of fused-ring (bicyclic) bond motifs is 2. The first kappa shape index (κ1) is 15.1. The van der Waals surface area contributed by atoms with Crippen molar-refractivity contribution in [1.82, 2.24) is 4.90 Å². The van der Waals surface area contributed by atoms with Gasteiger partial charge in [-0.1, -0.05) is 0 Å². The van der Waals surface area contributed by atoms with E-state index in [0.29, 0.717) is 12.5 Å². The van der Waals surface area contributed by atoms with Crippen LogP contribution in [0.15, 0.2) is 12.1 Å². The summed E-state index contributed by atoms with van der Waals surface area (Å²) in [7, 11) is 1.67. The highest BCUT2D eigenvalue weighted by Crippen LogP contribution is 2.43. The van der Waals surface area contributed by atoms with Gasteiger partial charge in [-0.2, -0.15) is 0 Å². The molecule has 0 amide bonds. The molecule has 1 aromatic rings. The number of nitrogens with zero attached hydrogens (tertiary/aromatic N) is 1. The Labute approximate surface area is 135 Å². The minimum Gasteiger partial charge on any atom is -0.496 e. The Balaban J connectivity index is 1.55. The quantitative estimate of drug-likeness (QED) is 0.901. The normalized spacial score (nSPS) is 29.6. The van der Waals surface area contributed by atoms with Gasteiger partial charge in [0.1, 0.15) is 5.75 Å². The highest BCUT2D eigenvalue weighted by atomic mass is 16.7. The number of aliphatic hydroxyl groups excluding tert-OH is 1. The molecular formula is C17H23NO5. The number of aliphatic hydroxyl groups is 1. The topological polar surface area (TPSA) is 60.4 Å². The number of ether oxygens (including phenoxy) is 4. The molecule has 0 bridgehead atoms. The van der Waals surface area contributed by atoms with E-state index < -0.39 is 0 Å². The molecule has 1 aromatic carbocycles. The van der Waals surface area contributed by atoms with Gasteiger partial charge in [0.05, 0.1) is 20.3 Å². The van der Waals surface area contributed by atoms with E-state index in [1.165, 1.54) is 0 Å². The number of rotatable bonds is 4. The molecule has 2 atom stereocenters. The van der Waals surface area contributed by atoms with Gasteiger partial charge in [0.2, 0.25) is 6.79 Å². The average Bonchev–Trinajstić information content (AvgIpc) is 3.17. The standard InChI is InChI=1S/C17H23NO5/c1-20-14-5-16-15(22-11-23-16)4-12(14)6-18-7-13-2-3-21-10-17(13,8-18)9-19/h4-5,13,19H,2-3,6-11H2,1H3/t13-,17+/m0/s1. The Morgan fingerprint density at radius 2 is 2.17 bits per heavy atom. The van der Waals surface area contributed by atoms with Crippen LogP contribution in [0.2, 0.25) is 0 Å². The molecular weight excluding hydrogens is 298 g/mol. The van der Waals surface area contributed by atoms with Crippen LogP contribution in [0, 0.1) is 11.3 Å². The van der Waals surface area contributed by atoms with Crippen molar-refractivity contribution in [3.05, 3.63) is 17.7 Å². The van der Waals surface area contributed by atoms with E-state index in [1.807, 2.05) is 12.1 Å². The molecule has 3 aliphatic rings. The van der Waals surface area contributed by atoms with Gasteiger partial charge in [0, 0.05) is 43.3 Å². The fourth-order valence-electron chi connectivity index (χ4n) is 4.07. The first-order valence-electron chi connectivity index (χ1n) is 8.11. The number of hydrogen-bond acceptors (Lipinski definition) is 6. The maximum absolute atomic E-state index is 9.90. The minimum atomic E-state index is -0.109.